The van der Waals surface area contributed by atoms with Crippen molar-refractivity contribution >= 4 is 11.7 Å². The number of hydrogen-bond donors (Lipinski definition) is 1. The van der Waals surface area contributed by atoms with E-state index in [0.29, 0.717) is 11.7 Å². The normalized spacial score (nSPS) is 15.8. The summed E-state index contributed by atoms with van der Waals surface area (Å²) in [6, 6.07) is 1.96. The van der Waals surface area contributed by atoms with Crippen LogP contribution in [-0.4, -0.2) is 15.7 Å². The van der Waals surface area contributed by atoms with Crippen molar-refractivity contribution in [3.05, 3.63) is 11.8 Å². The number of rotatable bonds is 2. The number of aromatic nitrogens is 2. The van der Waals surface area contributed by atoms with Gasteiger partial charge in [-0.05, 0) is 12.8 Å². The summed E-state index contributed by atoms with van der Waals surface area (Å²) in [5.74, 6) is 1.26. The average Bonchev–Trinajstić information content (AvgIpc) is 2.77. The zero-order valence-electron chi connectivity index (χ0n) is 7.87. The molecule has 4 nitrogen and oxygen atoms in total. The fourth-order valence-corrected chi connectivity index (χ4v) is 1.48. The highest BCUT2D eigenvalue weighted by Crippen LogP contribution is 2.40. The van der Waals surface area contributed by atoms with Crippen LogP contribution in [0.1, 0.15) is 31.4 Å². The number of nitrogens with one attached hydrogen (secondary N) is 1. The minimum absolute atomic E-state index is 0.0690. The molecule has 4 heteroatoms. The molecule has 1 fully saturated rings. The maximum absolute atomic E-state index is 10.8. The molecule has 13 heavy (non-hydrogen) atoms. The van der Waals surface area contributed by atoms with Crippen molar-refractivity contribution in [2.45, 2.75) is 25.7 Å². The van der Waals surface area contributed by atoms with Crippen molar-refractivity contribution in [1.29, 1.82) is 0 Å². The summed E-state index contributed by atoms with van der Waals surface area (Å²) in [5, 5.41) is 6.87. The van der Waals surface area contributed by atoms with Crippen LogP contribution in [0.25, 0.3) is 0 Å². The van der Waals surface area contributed by atoms with Crippen molar-refractivity contribution in [2.24, 2.45) is 7.05 Å². The molecule has 0 atom stereocenters. The van der Waals surface area contributed by atoms with E-state index in [0.717, 1.165) is 0 Å². The second-order valence-corrected chi connectivity index (χ2v) is 3.53. The maximum Gasteiger partial charge on any atom is 0.222 e. The summed E-state index contributed by atoms with van der Waals surface area (Å²) >= 11 is 0. The van der Waals surface area contributed by atoms with Crippen molar-refractivity contribution in [3.63, 3.8) is 0 Å². The Hall–Kier alpha value is -1.32. The van der Waals surface area contributed by atoms with Gasteiger partial charge in [0, 0.05) is 31.6 Å². The predicted molar refractivity (Wildman–Crippen MR) is 49.5 cm³/mol. The molecule has 0 aliphatic heterocycles. The lowest BCUT2D eigenvalue weighted by Crippen LogP contribution is -2.06. The third kappa shape index (κ3) is 1.71. The molecule has 2 rings (SSSR count). The Kier molecular flexibility index (Phi) is 1.83. The second kappa shape index (κ2) is 2.87. The molecule has 1 amide bonds. The number of carbonyl (C=O) groups excluding carboxylic acids is 1. The molecule has 1 N–H and O–H groups in total. The summed E-state index contributed by atoms with van der Waals surface area (Å²) in [6.07, 6.45) is 2.50. The third-order valence-corrected chi connectivity index (χ3v) is 2.22. The zero-order valence-corrected chi connectivity index (χ0v) is 7.87. The standard InChI is InChI=1S/C9H13N3O/c1-6(13)10-9-5-8(7-3-4-7)12(2)11-9/h5,7H,3-4H2,1-2H3,(H,10,11,13). The van der Waals surface area contributed by atoms with Crippen LogP contribution in [0, 0.1) is 0 Å². The van der Waals surface area contributed by atoms with E-state index < -0.39 is 0 Å². The van der Waals surface area contributed by atoms with Crippen LogP contribution >= 0.6 is 0 Å². The Morgan fingerprint density at radius 3 is 2.92 bits per heavy atom. The first-order valence-corrected chi connectivity index (χ1v) is 4.48. The number of carbonyl (C=O) groups is 1. The molecule has 1 aromatic heterocycles. The first kappa shape index (κ1) is 8.29. The Bertz CT molecular complexity index is 339. The first-order chi connectivity index (χ1) is 6.16. The topological polar surface area (TPSA) is 46.9 Å². The van der Waals surface area contributed by atoms with E-state index in [9.17, 15) is 4.79 Å². The number of nitrogens with zero attached hydrogens (tertiary/aromatic N) is 2. The van der Waals surface area contributed by atoms with E-state index in [1.54, 1.807) is 0 Å². The van der Waals surface area contributed by atoms with Crippen LogP contribution in [0.4, 0.5) is 5.82 Å². The largest absolute Gasteiger partial charge is 0.309 e. The zero-order chi connectivity index (χ0) is 9.42. The van der Waals surface area contributed by atoms with Gasteiger partial charge >= 0.3 is 0 Å². The molecule has 1 aromatic rings. The van der Waals surface area contributed by atoms with Crippen molar-refractivity contribution in [3.8, 4) is 0 Å². The van der Waals surface area contributed by atoms with Crippen molar-refractivity contribution in [1.82, 2.24) is 9.78 Å². The highest BCUT2D eigenvalue weighted by atomic mass is 16.1. The van der Waals surface area contributed by atoms with Gasteiger partial charge in [-0.3, -0.25) is 9.48 Å². The predicted octanol–water partition coefficient (Wildman–Crippen LogP) is 1.26. The molecule has 0 saturated heterocycles. The smallest absolute Gasteiger partial charge is 0.222 e. The molecular formula is C9H13N3O. The molecular weight excluding hydrogens is 166 g/mol. The van der Waals surface area contributed by atoms with Gasteiger partial charge in [0.05, 0.1) is 0 Å². The monoisotopic (exact) mass is 179 g/mol. The Balaban J connectivity index is 2.19. The van der Waals surface area contributed by atoms with Gasteiger partial charge in [0.1, 0.15) is 0 Å². The van der Waals surface area contributed by atoms with Gasteiger partial charge in [0.25, 0.3) is 0 Å². The van der Waals surface area contributed by atoms with E-state index in [1.807, 2.05) is 17.8 Å². The van der Waals surface area contributed by atoms with Crippen LogP contribution in [0.5, 0.6) is 0 Å². The van der Waals surface area contributed by atoms with Crippen LogP contribution < -0.4 is 5.32 Å². The minimum Gasteiger partial charge on any atom is -0.309 e. The number of amides is 1. The van der Waals surface area contributed by atoms with Gasteiger partial charge in [-0.1, -0.05) is 0 Å². The summed E-state index contributed by atoms with van der Waals surface area (Å²) in [6.45, 7) is 1.49. The van der Waals surface area contributed by atoms with Gasteiger partial charge < -0.3 is 5.32 Å². The molecule has 1 aliphatic rings. The van der Waals surface area contributed by atoms with Crippen LogP contribution in [0.15, 0.2) is 6.07 Å². The molecule has 1 heterocycles. The van der Waals surface area contributed by atoms with Crippen LogP contribution in [0.2, 0.25) is 0 Å². The van der Waals surface area contributed by atoms with E-state index in [1.165, 1.54) is 25.5 Å². The molecule has 0 unspecified atom stereocenters. The minimum atomic E-state index is -0.0690. The van der Waals surface area contributed by atoms with E-state index in [4.69, 9.17) is 0 Å². The van der Waals surface area contributed by atoms with Crippen molar-refractivity contribution in [2.75, 3.05) is 5.32 Å². The first-order valence-electron chi connectivity index (χ1n) is 4.48. The molecule has 0 aromatic carbocycles. The van der Waals surface area contributed by atoms with Gasteiger partial charge in [-0.2, -0.15) is 5.10 Å². The fraction of sp³-hybridized carbons (Fsp3) is 0.556. The van der Waals surface area contributed by atoms with E-state index in [2.05, 4.69) is 10.4 Å². The Labute approximate surface area is 76.9 Å². The second-order valence-electron chi connectivity index (χ2n) is 3.53. The third-order valence-electron chi connectivity index (χ3n) is 2.22. The Morgan fingerprint density at radius 2 is 2.38 bits per heavy atom. The molecule has 1 aliphatic carbocycles. The van der Waals surface area contributed by atoms with Gasteiger partial charge in [0.2, 0.25) is 5.91 Å². The Morgan fingerprint density at radius 1 is 1.69 bits per heavy atom. The van der Waals surface area contributed by atoms with Gasteiger partial charge in [-0.25, -0.2) is 0 Å². The molecule has 0 spiro atoms. The fourth-order valence-electron chi connectivity index (χ4n) is 1.48. The maximum atomic E-state index is 10.8. The van der Waals surface area contributed by atoms with Crippen LogP contribution in [-0.2, 0) is 11.8 Å². The van der Waals surface area contributed by atoms with Crippen LogP contribution in [0.3, 0.4) is 0 Å². The number of anilines is 1. The highest BCUT2D eigenvalue weighted by molar-refractivity contribution is 5.87. The molecule has 70 valence electrons. The number of aryl methyl sites for hydroxylation is 1. The van der Waals surface area contributed by atoms with E-state index >= 15 is 0 Å². The summed E-state index contributed by atoms with van der Waals surface area (Å²) in [5.41, 5.74) is 1.23. The van der Waals surface area contributed by atoms with Crippen molar-refractivity contribution < 1.29 is 4.79 Å². The van der Waals surface area contributed by atoms with E-state index in [-0.39, 0.29) is 5.91 Å². The molecule has 0 bridgehead atoms. The lowest BCUT2D eigenvalue weighted by molar-refractivity contribution is -0.114. The lowest BCUT2D eigenvalue weighted by atomic mass is 10.3. The molecule has 1 saturated carbocycles. The quantitative estimate of drug-likeness (QED) is 0.742. The highest BCUT2D eigenvalue weighted by Gasteiger charge is 2.27. The SMILES string of the molecule is CC(=O)Nc1cc(C2CC2)n(C)n1. The number of hydrogen-bond acceptors (Lipinski definition) is 2. The lowest BCUT2D eigenvalue weighted by Gasteiger charge is -1.94. The van der Waals surface area contributed by atoms with Gasteiger partial charge in [-0.15, -0.1) is 0 Å². The average molecular weight is 179 g/mol. The summed E-state index contributed by atoms with van der Waals surface area (Å²) in [7, 11) is 1.92. The summed E-state index contributed by atoms with van der Waals surface area (Å²) in [4.78, 5) is 10.8. The summed E-state index contributed by atoms with van der Waals surface area (Å²) < 4.78 is 1.85. The molecule has 0 radical (unpaired) electrons. The van der Waals surface area contributed by atoms with Gasteiger partial charge in [0.15, 0.2) is 5.82 Å².